The van der Waals surface area contributed by atoms with Crippen LogP contribution in [0.4, 0.5) is 18.0 Å². The van der Waals surface area contributed by atoms with Gasteiger partial charge < -0.3 is 23.3 Å². The van der Waals surface area contributed by atoms with Crippen LogP contribution in [0.25, 0.3) is 0 Å². The van der Waals surface area contributed by atoms with Crippen LogP contribution in [0.2, 0.25) is 0 Å². The van der Waals surface area contributed by atoms with Crippen molar-refractivity contribution in [1.82, 2.24) is 14.9 Å². The van der Waals surface area contributed by atoms with E-state index in [-0.39, 0.29) is 24.8 Å². The summed E-state index contributed by atoms with van der Waals surface area (Å²) in [5.41, 5.74) is -7.52. The second-order valence-electron chi connectivity index (χ2n) is 12.0. The number of carbonyl (C=O) groups is 2. The number of piperidine rings is 1. The molecule has 0 unspecified atom stereocenters. The maximum absolute atomic E-state index is 13.3. The van der Waals surface area contributed by atoms with E-state index >= 15 is 0 Å². The quantitative estimate of drug-likeness (QED) is 0.211. The summed E-state index contributed by atoms with van der Waals surface area (Å²) in [5, 5.41) is 0. The number of ether oxygens (including phenoxy) is 3. The molecule has 43 heavy (non-hydrogen) atoms. The smallest absolute Gasteiger partial charge is 0.481 e. The Morgan fingerprint density at radius 1 is 0.930 bits per heavy atom. The Balaban J connectivity index is 1.98. The fourth-order valence-electron chi connectivity index (χ4n) is 4.00. The summed E-state index contributed by atoms with van der Waals surface area (Å²) >= 11 is 0. The molecule has 3 rings (SSSR count). The van der Waals surface area contributed by atoms with E-state index < -0.39 is 56.2 Å². The van der Waals surface area contributed by atoms with Gasteiger partial charge in [-0.15, -0.1) is 0 Å². The van der Waals surface area contributed by atoms with E-state index in [1.54, 1.807) is 76.8 Å². The monoisotopic (exact) mass is 631 g/mol. The van der Waals surface area contributed by atoms with Crippen molar-refractivity contribution in [1.29, 1.82) is 0 Å². The lowest BCUT2D eigenvalue weighted by Crippen LogP contribution is -2.42. The zero-order chi connectivity index (χ0) is 32.2. The Morgan fingerprint density at radius 3 is 2.05 bits per heavy atom. The molecule has 238 valence electrons. The van der Waals surface area contributed by atoms with Crippen LogP contribution in [-0.4, -0.2) is 65.1 Å². The third-order valence-corrected chi connectivity index (χ3v) is 6.85. The number of alkyl halides is 3. The first-order valence-corrected chi connectivity index (χ1v) is 14.9. The summed E-state index contributed by atoms with van der Waals surface area (Å²) in [6.45, 7) is 10.4. The number of hydrogen-bond acceptors (Lipinski definition) is 10. The van der Waals surface area contributed by atoms with Crippen molar-refractivity contribution >= 4 is 22.2 Å². The van der Waals surface area contributed by atoms with Crippen molar-refractivity contribution in [3.8, 4) is 11.6 Å². The van der Waals surface area contributed by atoms with Gasteiger partial charge in [0.1, 0.15) is 23.6 Å². The lowest BCUT2D eigenvalue weighted by atomic mass is 9.93. The fourth-order valence-corrected chi connectivity index (χ4v) is 4.42. The average Bonchev–Trinajstić information content (AvgIpc) is 2.86. The molecule has 0 spiro atoms. The number of likely N-dealkylation sites (tertiary alicyclic amines) is 1. The first-order chi connectivity index (χ1) is 19.7. The van der Waals surface area contributed by atoms with Crippen molar-refractivity contribution < 1.29 is 49.6 Å². The molecule has 2 heterocycles. The second-order valence-corrected chi connectivity index (χ2v) is 13.5. The molecule has 15 heteroatoms. The minimum absolute atomic E-state index is 0.0410. The molecule has 11 nitrogen and oxygen atoms in total. The molecule has 1 aromatic heterocycles. The number of esters is 1. The van der Waals surface area contributed by atoms with Crippen molar-refractivity contribution in [2.24, 2.45) is 5.92 Å². The summed E-state index contributed by atoms with van der Waals surface area (Å²) in [4.78, 5) is 35.4. The number of amides is 1. The predicted molar refractivity (Wildman–Crippen MR) is 148 cm³/mol. The molecular formula is C28H36F3N3O8S. The van der Waals surface area contributed by atoms with Crippen LogP contribution in [0.15, 0.2) is 30.3 Å². The van der Waals surface area contributed by atoms with Crippen LogP contribution in [-0.2, 0) is 32.6 Å². The average molecular weight is 632 g/mol. The lowest BCUT2D eigenvalue weighted by molar-refractivity contribution is -0.0502. The summed E-state index contributed by atoms with van der Waals surface area (Å²) in [6.07, 6.45) is 0.503. The van der Waals surface area contributed by atoms with Crippen LogP contribution >= 0.6 is 0 Å². The van der Waals surface area contributed by atoms with Crippen LogP contribution in [0.1, 0.15) is 76.3 Å². The van der Waals surface area contributed by atoms with Crippen molar-refractivity contribution in [3.05, 3.63) is 47.4 Å². The first-order valence-electron chi connectivity index (χ1n) is 13.5. The molecule has 0 saturated carbocycles. The van der Waals surface area contributed by atoms with Gasteiger partial charge in [-0.1, -0.05) is 30.3 Å². The Labute approximate surface area is 248 Å². The first kappa shape index (κ1) is 33.9. The minimum atomic E-state index is -6.20. The molecule has 2 aromatic rings. The summed E-state index contributed by atoms with van der Waals surface area (Å²) in [6, 6.07) is 8.41. The predicted octanol–water partition coefficient (Wildman–Crippen LogP) is 5.43. The van der Waals surface area contributed by atoms with Gasteiger partial charge in [-0.2, -0.15) is 26.6 Å². The minimum Gasteiger partial charge on any atom is -0.481 e. The van der Waals surface area contributed by atoms with Crippen LogP contribution in [0, 0.1) is 5.92 Å². The van der Waals surface area contributed by atoms with Crippen LogP contribution in [0.5, 0.6) is 11.6 Å². The Bertz CT molecular complexity index is 1400. The SMILES string of the molecule is CC(C)(C)OC(=O)c1nc(CC2CCN(C(=O)OC(C)(C)C)CC2)nc(OS(=O)(=O)C(F)(F)F)c1OCc1ccccc1. The van der Waals surface area contributed by atoms with E-state index in [9.17, 15) is 31.2 Å². The normalized spacial score (nSPS) is 15.1. The van der Waals surface area contributed by atoms with E-state index in [0.29, 0.717) is 31.5 Å². The molecule has 0 bridgehead atoms. The van der Waals surface area contributed by atoms with Gasteiger partial charge in [0, 0.05) is 19.5 Å². The molecule has 0 N–H and O–H groups in total. The zero-order valence-corrected chi connectivity index (χ0v) is 25.7. The number of hydrogen-bond donors (Lipinski definition) is 0. The summed E-state index contributed by atoms with van der Waals surface area (Å²) in [7, 11) is -6.20. The molecule has 0 aliphatic carbocycles. The van der Waals surface area contributed by atoms with Crippen LogP contribution in [0.3, 0.4) is 0 Å². The van der Waals surface area contributed by atoms with Gasteiger partial charge in [0.15, 0.2) is 5.69 Å². The van der Waals surface area contributed by atoms with Crippen molar-refractivity contribution in [2.75, 3.05) is 13.1 Å². The van der Waals surface area contributed by atoms with Gasteiger partial charge in [0.05, 0.1) is 0 Å². The van der Waals surface area contributed by atoms with Crippen molar-refractivity contribution in [3.63, 3.8) is 0 Å². The highest BCUT2D eigenvalue weighted by Crippen LogP contribution is 2.36. The lowest BCUT2D eigenvalue weighted by Gasteiger charge is -2.33. The maximum atomic E-state index is 13.3. The molecule has 1 aliphatic heterocycles. The standard InChI is InChI=1S/C28H36F3N3O8S/c1-26(2,3)40-24(35)21-22(39-17-19-10-8-7-9-11-19)23(42-43(37,38)28(29,30)31)33-20(32-21)16-18-12-14-34(15-13-18)25(36)41-27(4,5)6/h7-11,18H,12-17H2,1-6H3. The van der Waals surface area contributed by atoms with E-state index in [2.05, 4.69) is 14.2 Å². The molecule has 1 saturated heterocycles. The maximum Gasteiger partial charge on any atom is 0.534 e. The number of halogens is 3. The molecular weight excluding hydrogens is 595 g/mol. The van der Waals surface area contributed by atoms with Crippen molar-refractivity contribution in [2.45, 2.75) is 84.1 Å². The number of aromatic nitrogens is 2. The Hall–Kier alpha value is -3.62. The van der Waals surface area contributed by atoms with Gasteiger partial charge in [-0.3, -0.25) is 0 Å². The molecule has 0 atom stereocenters. The van der Waals surface area contributed by atoms with Gasteiger partial charge >= 0.3 is 27.7 Å². The molecule has 1 amide bonds. The van der Waals surface area contributed by atoms with Gasteiger partial charge in [0.25, 0.3) is 5.88 Å². The van der Waals surface area contributed by atoms with Gasteiger partial charge in [-0.25, -0.2) is 14.6 Å². The Morgan fingerprint density at radius 2 is 1.51 bits per heavy atom. The number of nitrogens with zero attached hydrogens (tertiary/aromatic N) is 3. The highest BCUT2D eigenvalue weighted by atomic mass is 32.2. The fraction of sp³-hybridized carbons (Fsp3) is 0.571. The summed E-state index contributed by atoms with van der Waals surface area (Å²) in [5.74, 6) is -3.20. The summed E-state index contributed by atoms with van der Waals surface area (Å²) < 4.78 is 84.9. The Kier molecular flexibility index (Phi) is 10.2. The molecule has 1 fully saturated rings. The number of rotatable bonds is 8. The number of carbonyl (C=O) groups excluding carboxylic acids is 2. The topological polar surface area (TPSA) is 134 Å². The third kappa shape index (κ3) is 9.97. The highest BCUT2D eigenvalue weighted by Gasteiger charge is 2.49. The van der Waals surface area contributed by atoms with E-state index in [4.69, 9.17) is 14.2 Å². The highest BCUT2D eigenvalue weighted by molar-refractivity contribution is 7.88. The van der Waals surface area contributed by atoms with E-state index in [0.717, 1.165) is 0 Å². The zero-order valence-electron chi connectivity index (χ0n) is 24.9. The molecule has 1 aliphatic rings. The second kappa shape index (κ2) is 12.9. The van der Waals surface area contributed by atoms with E-state index in [1.165, 1.54) is 0 Å². The molecule has 1 aromatic carbocycles. The van der Waals surface area contributed by atoms with Gasteiger partial charge in [0.2, 0.25) is 5.75 Å². The molecule has 0 radical (unpaired) electrons. The van der Waals surface area contributed by atoms with Gasteiger partial charge in [-0.05, 0) is 65.9 Å². The number of benzene rings is 1. The third-order valence-electron chi connectivity index (χ3n) is 5.91. The van der Waals surface area contributed by atoms with E-state index in [1.807, 2.05) is 0 Å². The largest absolute Gasteiger partial charge is 0.534 e. The van der Waals surface area contributed by atoms with Crippen LogP contribution < -0.4 is 8.92 Å².